The molecule has 0 amide bonds. The molecule has 9 heteroatoms. The lowest BCUT2D eigenvalue weighted by atomic mass is 9.86. The molecule has 148 valence electrons. The molecule has 2 aromatic heterocycles. The zero-order chi connectivity index (χ0) is 19.1. The second-order valence-corrected chi connectivity index (χ2v) is 8.37. The van der Waals surface area contributed by atoms with Crippen LogP contribution in [-0.4, -0.2) is 60.0 Å². The molecule has 0 aliphatic carbocycles. The molecule has 0 atom stereocenters. The summed E-state index contributed by atoms with van der Waals surface area (Å²) in [5.41, 5.74) is 1.81. The summed E-state index contributed by atoms with van der Waals surface area (Å²) in [4.78, 5) is 7.68. The summed E-state index contributed by atoms with van der Waals surface area (Å²) in [6.07, 6.45) is 3.96. The Morgan fingerprint density at radius 3 is 2.86 bits per heavy atom. The van der Waals surface area contributed by atoms with Gasteiger partial charge in [0.2, 0.25) is 10.1 Å². The molecule has 28 heavy (non-hydrogen) atoms. The first-order chi connectivity index (χ1) is 13.7. The Kier molecular flexibility index (Phi) is 4.45. The Hall–Kier alpha value is -2.23. The van der Waals surface area contributed by atoms with Gasteiger partial charge in [0.1, 0.15) is 11.6 Å². The first-order valence-corrected chi connectivity index (χ1v) is 10.4. The molecule has 2 fully saturated rings. The molecule has 0 radical (unpaired) electrons. The number of ether oxygens (including phenoxy) is 1. The molecular weight excluding hydrogens is 379 g/mol. The second-order valence-electron chi connectivity index (χ2n) is 7.44. The predicted octanol–water partition coefficient (Wildman–Crippen LogP) is 2.14. The summed E-state index contributed by atoms with van der Waals surface area (Å²) in [7, 11) is 1.54. The average Bonchev–Trinajstić information content (AvgIpc) is 3.30. The quantitative estimate of drug-likeness (QED) is 0.700. The molecule has 2 aliphatic rings. The van der Waals surface area contributed by atoms with E-state index in [-0.39, 0.29) is 11.4 Å². The van der Waals surface area contributed by atoms with Crippen molar-refractivity contribution < 1.29 is 9.13 Å². The first kappa shape index (κ1) is 17.8. The van der Waals surface area contributed by atoms with E-state index in [9.17, 15) is 4.39 Å². The van der Waals surface area contributed by atoms with Crippen molar-refractivity contribution in [1.82, 2.24) is 25.2 Å². The van der Waals surface area contributed by atoms with Gasteiger partial charge in [0, 0.05) is 49.9 Å². The van der Waals surface area contributed by atoms with Gasteiger partial charge in [-0.25, -0.2) is 13.9 Å². The van der Waals surface area contributed by atoms with Crippen LogP contribution < -0.4 is 20.3 Å². The lowest BCUT2D eigenvalue weighted by molar-refractivity contribution is 0.222. The number of piperazine rings is 1. The van der Waals surface area contributed by atoms with Gasteiger partial charge < -0.3 is 20.3 Å². The molecule has 5 rings (SSSR count). The summed E-state index contributed by atoms with van der Waals surface area (Å²) in [5.74, 6) is 0.153. The molecule has 2 aliphatic heterocycles. The summed E-state index contributed by atoms with van der Waals surface area (Å²) in [5, 5.41) is 13.0. The maximum Gasteiger partial charge on any atom is 0.214 e. The van der Waals surface area contributed by atoms with Gasteiger partial charge in [0.25, 0.3) is 0 Å². The molecule has 4 heterocycles. The van der Waals surface area contributed by atoms with E-state index in [2.05, 4.69) is 20.5 Å². The van der Waals surface area contributed by atoms with Crippen LogP contribution in [0.25, 0.3) is 16.2 Å². The van der Waals surface area contributed by atoms with Gasteiger partial charge in [-0.3, -0.25) is 0 Å². The Morgan fingerprint density at radius 2 is 2.11 bits per heavy atom. The maximum atomic E-state index is 13.6. The van der Waals surface area contributed by atoms with Crippen LogP contribution in [0.5, 0.6) is 5.75 Å². The first-order valence-electron chi connectivity index (χ1n) is 9.57. The average molecular weight is 402 g/mol. The van der Waals surface area contributed by atoms with Crippen LogP contribution in [0, 0.1) is 5.82 Å². The van der Waals surface area contributed by atoms with Crippen LogP contribution in [0.4, 0.5) is 9.52 Å². The number of methoxy groups -OCH3 is 1. The van der Waals surface area contributed by atoms with E-state index < -0.39 is 0 Å². The standard InChI is InChI=1S/C19H23FN6OS/c1-27-16-10-13(20)2-3-14(16)15-11-22-17-26(15)24-18(28-17)25-8-4-19(5-9-25)12-21-6-7-23-19/h2-3,10-11,21,23H,4-9,12H2,1H3. The molecule has 1 spiro atoms. The van der Waals surface area contributed by atoms with E-state index in [0.717, 1.165) is 66.9 Å². The van der Waals surface area contributed by atoms with Gasteiger partial charge in [-0.1, -0.05) is 11.3 Å². The van der Waals surface area contributed by atoms with Crippen LogP contribution in [0.1, 0.15) is 12.8 Å². The normalized spacial score (nSPS) is 19.4. The maximum absolute atomic E-state index is 13.6. The fraction of sp³-hybridized carbons (Fsp3) is 0.474. The minimum atomic E-state index is -0.326. The number of halogens is 1. The zero-order valence-corrected chi connectivity index (χ0v) is 16.6. The highest BCUT2D eigenvalue weighted by Crippen LogP contribution is 2.35. The minimum Gasteiger partial charge on any atom is -0.496 e. The lowest BCUT2D eigenvalue weighted by Gasteiger charge is -2.45. The van der Waals surface area contributed by atoms with E-state index in [1.165, 1.54) is 12.1 Å². The Balaban J connectivity index is 1.41. The number of anilines is 1. The van der Waals surface area contributed by atoms with E-state index >= 15 is 0 Å². The Morgan fingerprint density at radius 1 is 1.25 bits per heavy atom. The highest BCUT2D eigenvalue weighted by molar-refractivity contribution is 7.20. The van der Waals surface area contributed by atoms with Crippen molar-refractivity contribution in [1.29, 1.82) is 0 Å². The summed E-state index contributed by atoms with van der Waals surface area (Å²) in [6, 6.07) is 4.53. The van der Waals surface area contributed by atoms with Crippen LogP contribution in [-0.2, 0) is 0 Å². The monoisotopic (exact) mass is 402 g/mol. The number of fused-ring (bicyclic) bond motifs is 1. The largest absolute Gasteiger partial charge is 0.496 e. The molecule has 3 aromatic rings. The number of hydrogen-bond acceptors (Lipinski definition) is 7. The van der Waals surface area contributed by atoms with Gasteiger partial charge in [-0.05, 0) is 25.0 Å². The number of piperidine rings is 1. The number of benzene rings is 1. The van der Waals surface area contributed by atoms with Crippen molar-refractivity contribution in [3.05, 3.63) is 30.2 Å². The van der Waals surface area contributed by atoms with Crippen molar-refractivity contribution in [2.24, 2.45) is 0 Å². The highest BCUT2D eigenvalue weighted by atomic mass is 32.1. The molecule has 0 saturated carbocycles. The summed E-state index contributed by atoms with van der Waals surface area (Å²) in [6.45, 7) is 5.07. The van der Waals surface area contributed by atoms with Crippen LogP contribution in [0.3, 0.4) is 0 Å². The number of nitrogens with zero attached hydrogens (tertiary/aromatic N) is 4. The van der Waals surface area contributed by atoms with Gasteiger partial charge in [0.05, 0.1) is 19.0 Å². The lowest BCUT2D eigenvalue weighted by Crippen LogP contribution is -2.63. The minimum absolute atomic E-state index is 0.221. The molecule has 0 bridgehead atoms. The van der Waals surface area contributed by atoms with E-state index in [1.807, 2.05) is 4.52 Å². The van der Waals surface area contributed by atoms with Crippen molar-refractivity contribution in [2.75, 3.05) is 44.7 Å². The SMILES string of the molecule is COc1cc(F)ccc1-c1cnc2sc(N3CCC4(CC3)CNCCN4)nn12. The van der Waals surface area contributed by atoms with Crippen molar-refractivity contribution in [3.63, 3.8) is 0 Å². The fourth-order valence-corrected chi connectivity index (χ4v) is 5.09. The zero-order valence-electron chi connectivity index (χ0n) is 15.7. The Bertz CT molecular complexity index is 986. The van der Waals surface area contributed by atoms with Crippen LogP contribution in [0.15, 0.2) is 24.4 Å². The predicted molar refractivity (Wildman–Crippen MR) is 108 cm³/mol. The molecule has 1 aromatic carbocycles. The van der Waals surface area contributed by atoms with Crippen molar-refractivity contribution in [2.45, 2.75) is 18.4 Å². The highest BCUT2D eigenvalue weighted by Gasteiger charge is 2.36. The number of nitrogens with one attached hydrogen (secondary N) is 2. The van der Waals surface area contributed by atoms with E-state index in [4.69, 9.17) is 9.84 Å². The third kappa shape index (κ3) is 3.03. The summed E-state index contributed by atoms with van der Waals surface area (Å²) < 4.78 is 20.7. The summed E-state index contributed by atoms with van der Waals surface area (Å²) >= 11 is 1.59. The molecule has 2 saturated heterocycles. The Labute approximate surface area is 166 Å². The number of hydrogen-bond donors (Lipinski definition) is 2. The van der Waals surface area contributed by atoms with Crippen molar-refractivity contribution >= 4 is 21.4 Å². The fourth-order valence-electron chi connectivity index (χ4n) is 4.16. The number of imidazole rings is 1. The third-order valence-electron chi connectivity index (χ3n) is 5.77. The van der Waals surface area contributed by atoms with E-state index in [1.54, 1.807) is 30.7 Å². The second kappa shape index (κ2) is 6.98. The van der Waals surface area contributed by atoms with Gasteiger partial charge in [0.15, 0.2) is 0 Å². The van der Waals surface area contributed by atoms with Crippen molar-refractivity contribution in [3.8, 4) is 17.0 Å². The molecule has 7 nitrogen and oxygen atoms in total. The van der Waals surface area contributed by atoms with Gasteiger partial charge in [-0.2, -0.15) is 0 Å². The molecule has 0 unspecified atom stereocenters. The molecule has 2 N–H and O–H groups in total. The topological polar surface area (TPSA) is 66.7 Å². The molecular formula is C19H23FN6OS. The van der Waals surface area contributed by atoms with E-state index in [0.29, 0.717) is 5.75 Å². The van der Waals surface area contributed by atoms with Crippen LogP contribution >= 0.6 is 11.3 Å². The third-order valence-corrected chi connectivity index (χ3v) is 6.75. The van der Waals surface area contributed by atoms with Gasteiger partial charge in [-0.15, -0.1) is 5.10 Å². The smallest absolute Gasteiger partial charge is 0.214 e. The van der Waals surface area contributed by atoms with Crippen LogP contribution in [0.2, 0.25) is 0 Å². The van der Waals surface area contributed by atoms with Gasteiger partial charge >= 0.3 is 0 Å². The number of rotatable bonds is 3. The number of aromatic nitrogens is 3.